The SMILES string of the molecule is Cc1c(NC(=O)c2cc(C(N)=O)c3ccc(F)cc3n2)nnn1Cc1ccc(Br)cc1. The molecule has 4 rings (SSSR count). The number of hydrogen-bond acceptors (Lipinski definition) is 5. The molecule has 2 heterocycles. The number of primary amides is 1. The van der Waals surface area contributed by atoms with E-state index in [9.17, 15) is 14.0 Å². The van der Waals surface area contributed by atoms with E-state index in [1.807, 2.05) is 24.3 Å². The Balaban J connectivity index is 1.61. The lowest BCUT2D eigenvalue weighted by Gasteiger charge is -2.08. The third-order valence-corrected chi connectivity index (χ3v) is 5.26. The third-order valence-electron chi connectivity index (χ3n) is 4.73. The van der Waals surface area contributed by atoms with Gasteiger partial charge in [0.2, 0.25) is 5.91 Å². The van der Waals surface area contributed by atoms with Gasteiger partial charge in [-0.1, -0.05) is 33.3 Å². The summed E-state index contributed by atoms with van der Waals surface area (Å²) in [7, 11) is 0. The monoisotopic (exact) mass is 482 g/mol. The fraction of sp³-hybridized carbons (Fsp3) is 0.0952. The van der Waals surface area contributed by atoms with Gasteiger partial charge >= 0.3 is 0 Å². The highest BCUT2D eigenvalue weighted by Gasteiger charge is 2.18. The van der Waals surface area contributed by atoms with Gasteiger partial charge in [-0.25, -0.2) is 14.1 Å². The lowest BCUT2D eigenvalue weighted by molar-refractivity contribution is 0.100. The predicted molar refractivity (Wildman–Crippen MR) is 116 cm³/mol. The number of aromatic nitrogens is 4. The second-order valence-corrected chi connectivity index (χ2v) is 7.76. The number of pyridine rings is 1. The number of carbonyl (C=O) groups excluding carboxylic acids is 2. The first-order chi connectivity index (χ1) is 14.8. The summed E-state index contributed by atoms with van der Waals surface area (Å²) in [5.74, 6) is -1.65. The maximum Gasteiger partial charge on any atom is 0.275 e. The number of nitrogens with two attached hydrogens (primary N) is 1. The van der Waals surface area contributed by atoms with E-state index < -0.39 is 17.6 Å². The highest BCUT2D eigenvalue weighted by Crippen LogP contribution is 2.21. The molecule has 2 aromatic carbocycles. The number of halogens is 2. The molecule has 0 aliphatic carbocycles. The number of anilines is 1. The van der Waals surface area contributed by atoms with Gasteiger partial charge < -0.3 is 11.1 Å². The molecule has 0 aliphatic rings. The van der Waals surface area contributed by atoms with Gasteiger partial charge in [0.1, 0.15) is 11.5 Å². The van der Waals surface area contributed by atoms with Crippen LogP contribution in [0.15, 0.2) is 53.0 Å². The zero-order valence-electron chi connectivity index (χ0n) is 16.3. The Morgan fingerprint density at radius 2 is 1.90 bits per heavy atom. The van der Waals surface area contributed by atoms with Gasteiger partial charge in [-0.3, -0.25) is 9.59 Å². The van der Waals surface area contributed by atoms with E-state index >= 15 is 0 Å². The van der Waals surface area contributed by atoms with E-state index in [2.05, 4.69) is 36.5 Å². The van der Waals surface area contributed by atoms with Crippen LogP contribution < -0.4 is 11.1 Å². The number of nitrogens with zero attached hydrogens (tertiary/aromatic N) is 4. The van der Waals surface area contributed by atoms with E-state index in [-0.39, 0.29) is 22.6 Å². The standard InChI is InChI=1S/C21H16BrFN6O2/c1-11-20(27-28-29(11)10-12-2-4-13(22)5-3-12)26-21(31)18-9-16(19(24)30)15-7-6-14(23)8-17(15)25-18/h2-9H,10H2,1H3,(H2,24,30)(H,26,31). The molecule has 4 aromatic rings. The van der Waals surface area contributed by atoms with Crippen molar-refractivity contribution in [2.24, 2.45) is 5.73 Å². The smallest absolute Gasteiger partial charge is 0.275 e. The maximum atomic E-state index is 13.6. The number of rotatable bonds is 5. The summed E-state index contributed by atoms with van der Waals surface area (Å²) in [5, 5.41) is 11.1. The van der Waals surface area contributed by atoms with Gasteiger partial charge in [-0.2, -0.15) is 0 Å². The van der Waals surface area contributed by atoms with Gasteiger partial charge in [0, 0.05) is 15.9 Å². The zero-order chi connectivity index (χ0) is 22.1. The molecular formula is C21H16BrFN6O2. The van der Waals surface area contributed by atoms with Gasteiger partial charge in [-0.05, 0) is 42.8 Å². The Hall–Kier alpha value is -3.66. The summed E-state index contributed by atoms with van der Waals surface area (Å²) in [6, 6.07) is 12.8. The number of carbonyl (C=O) groups is 2. The van der Waals surface area contributed by atoms with Crippen LogP contribution in [0.5, 0.6) is 0 Å². The normalized spacial score (nSPS) is 10.9. The highest BCUT2D eigenvalue weighted by molar-refractivity contribution is 9.10. The van der Waals surface area contributed by atoms with Crippen molar-refractivity contribution in [2.45, 2.75) is 13.5 Å². The van der Waals surface area contributed by atoms with Crippen molar-refractivity contribution in [2.75, 3.05) is 5.32 Å². The minimum Gasteiger partial charge on any atom is -0.366 e. The molecule has 0 saturated carbocycles. The predicted octanol–water partition coefficient (Wildman–Crippen LogP) is 3.44. The molecule has 10 heteroatoms. The molecule has 2 aromatic heterocycles. The number of benzene rings is 2. The Morgan fingerprint density at radius 1 is 1.16 bits per heavy atom. The van der Waals surface area contributed by atoms with Crippen molar-refractivity contribution >= 4 is 44.5 Å². The lowest BCUT2D eigenvalue weighted by Crippen LogP contribution is -2.18. The molecular weight excluding hydrogens is 467 g/mol. The van der Waals surface area contributed by atoms with Gasteiger partial charge in [0.15, 0.2) is 5.82 Å². The first kappa shape index (κ1) is 20.6. The molecule has 0 unspecified atom stereocenters. The van der Waals surface area contributed by atoms with E-state index in [0.717, 1.165) is 16.1 Å². The van der Waals surface area contributed by atoms with Crippen molar-refractivity contribution in [1.82, 2.24) is 20.0 Å². The summed E-state index contributed by atoms with van der Waals surface area (Å²) >= 11 is 3.39. The first-order valence-electron chi connectivity index (χ1n) is 9.18. The van der Waals surface area contributed by atoms with Crippen LogP contribution in [0.1, 0.15) is 32.1 Å². The molecule has 0 fully saturated rings. The molecule has 2 amide bonds. The minimum absolute atomic E-state index is 0.0748. The van der Waals surface area contributed by atoms with E-state index in [1.54, 1.807) is 11.6 Å². The number of fused-ring (bicyclic) bond motifs is 1. The van der Waals surface area contributed by atoms with Crippen molar-refractivity contribution in [3.05, 3.63) is 81.3 Å². The van der Waals surface area contributed by atoms with E-state index in [4.69, 9.17) is 5.73 Å². The second-order valence-electron chi connectivity index (χ2n) is 6.84. The average Bonchev–Trinajstić information content (AvgIpc) is 3.07. The minimum atomic E-state index is -0.746. The van der Waals surface area contributed by atoms with Crippen molar-refractivity contribution < 1.29 is 14.0 Å². The van der Waals surface area contributed by atoms with Gasteiger partial charge in [0.05, 0.1) is 23.3 Å². The topological polar surface area (TPSA) is 116 Å². The maximum absolute atomic E-state index is 13.6. The molecule has 31 heavy (non-hydrogen) atoms. The van der Waals surface area contributed by atoms with Gasteiger partial charge in [-0.15, -0.1) is 5.10 Å². The number of nitrogens with one attached hydrogen (secondary N) is 1. The molecule has 0 spiro atoms. The van der Waals surface area contributed by atoms with Crippen molar-refractivity contribution in [3.63, 3.8) is 0 Å². The Kier molecular flexibility index (Phi) is 5.47. The third kappa shape index (κ3) is 4.29. The van der Waals surface area contributed by atoms with Crippen LogP contribution in [0, 0.1) is 12.7 Å². The van der Waals surface area contributed by atoms with Crippen LogP contribution in [0.2, 0.25) is 0 Å². The van der Waals surface area contributed by atoms with Crippen LogP contribution in [0.4, 0.5) is 10.2 Å². The summed E-state index contributed by atoms with van der Waals surface area (Å²) in [6.45, 7) is 2.24. The summed E-state index contributed by atoms with van der Waals surface area (Å²) in [6.07, 6.45) is 0. The molecule has 0 aliphatic heterocycles. The lowest BCUT2D eigenvalue weighted by atomic mass is 10.1. The van der Waals surface area contributed by atoms with Crippen LogP contribution in [-0.4, -0.2) is 31.8 Å². The Morgan fingerprint density at radius 3 is 2.61 bits per heavy atom. The van der Waals surface area contributed by atoms with Gasteiger partial charge in [0.25, 0.3) is 5.91 Å². The van der Waals surface area contributed by atoms with Crippen LogP contribution in [0.3, 0.4) is 0 Å². The molecule has 8 nitrogen and oxygen atoms in total. The summed E-state index contributed by atoms with van der Waals surface area (Å²) in [4.78, 5) is 28.8. The van der Waals surface area contributed by atoms with E-state index in [0.29, 0.717) is 17.6 Å². The van der Waals surface area contributed by atoms with Crippen molar-refractivity contribution in [1.29, 1.82) is 0 Å². The quantitative estimate of drug-likeness (QED) is 0.451. The summed E-state index contributed by atoms with van der Waals surface area (Å²) < 4.78 is 16.2. The zero-order valence-corrected chi connectivity index (χ0v) is 17.9. The number of hydrogen-bond donors (Lipinski definition) is 2. The molecule has 0 bridgehead atoms. The first-order valence-corrected chi connectivity index (χ1v) is 9.97. The van der Waals surface area contributed by atoms with E-state index in [1.165, 1.54) is 18.2 Å². The van der Waals surface area contributed by atoms with Crippen LogP contribution >= 0.6 is 15.9 Å². The van der Waals surface area contributed by atoms with Crippen LogP contribution in [0.25, 0.3) is 10.9 Å². The highest BCUT2D eigenvalue weighted by atomic mass is 79.9. The second kappa shape index (κ2) is 8.23. The number of amides is 2. The Bertz CT molecular complexity index is 1320. The molecule has 156 valence electrons. The fourth-order valence-corrected chi connectivity index (χ4v) is 3.35. The molecule has 0 atom stereocenters. The Labute approximate surface area is 184 Å². The van der Waals surface area contributed by atoms with Crippen LogP contribution in [-0.2, 0) is 6.54 Å². The molecule has 0 radical (unpaired) electrons. The fourth-order valence-electron chi connectivity index (χ4n) is 3.08. The molecule has 0 saturated heterocycles. The average molecular weight is 483 g/mol. The van der Waals surface area contributed by atoms with Crippen molar-refractivity contribution in [3.8, 4) is 0 Å². The molecule has 3 N–H and O–H groups in total. The summed E-state index contributed by atoms with van der Waals surface area (Å²) in [5.41, 5.74) is 7.21. The largest absolute Gasteiger partial charge is 0.366 e.